The highest BCUT2D eigenvalue weighted by Gasteiger charge is 2.49. The van der Waals surface area contributed by atoms with Crippen LogP contribution in [-0.4, -0.2) is 111 Å². The Labute approximate surface area is 144 Å². The Kier molecular flexibility index (Phi) is 7.22. The number of rotatable bonds is 5. The van der Waals surface area contributed by atoms with Crippen molar-refractivity contribution in [2.75, 3.05) is 19.0 Å². The van der Waals surface area contributed by atoms with E-state index in [0.29, 0.717) is 0 Å². The van der Waals surface area contributed by atoms with E-state index in [0.717, 1.165) is 0 Å². The summed E-state index contributed by atoms with van der Waals surface area (Å²) in [6, 6.07) is -0.847. The first-order valence-corrected chi connectivity index (χ1v) is 8.25. The fourth-order valence-corrected chi connectivity index (χ4v) is 3.20. The van der Waals surface area contributed by atoms with Crippen LogP contribution in [0.5, 0.6) is 0 Å². The molecule has 0 aromatic rings. The standard InChI is InChI=1S/C13H25NO9S/c14-7-6(3-24)21-5(2-16)12(9(7)18)23-13-11(20)10(19)8(17)4(1-15)22-13/h4-13,15-20,24H,1-3,14H2. The average Bonchev–Trinajstić information content (AvgIpc) is 2.59. The van der Waals surface area contributed by atoms with E-state index >= 15 is 0 Å². The molecule has 142 valence electrons. The van der Waals surface area contributed by atoms with Crippen LogP contribution in [0.4, 0.5) is 0 Å². The second-order valence-electron chi connectivity index (χ2n) is 5.94. The second kappa shape index (κ2) is 8.56. The molecular weight excluding hydrogens is 346 g/mol. The van der Waals surface area contributed by atoms with E-state index in [9.17, 15) is 30.6 Å². The molecule has 0 spiro atoms. The molecule has 10 nitrogen and oxygen atoms in total. The molecule has 11 heteroatoms. The van der Waals surface area contributed by atoms with Gasteiger partial charge in [0.15, 0.2) is 6.29 Å². The van der Waals surface area contributed by atoms with Crippen LogP contribution in [0.15, 0.2) is 0 Å². The lowest BCUT2D eigenvalue weighted by Gasteiger charge is -2.46. The minimum atomic E-state index is -1.63. The van der Waals surface area contributed by atoms with Gasteiger partial charge in [0, 0.05) is 5.75 Å². The van der Waals surface area contributed by atoms with Crippen molar-refractivity contribution in [3.8, 4) is 0 Å². The summed E-state index contributed by atoms with van der Waals surface area (Å²) in [5.74, 6) is 0.224. The van der Waals surface area contributed by atoms with Crippen LogP contribution in [0.1, 0.15) is 0 Å². The van der Waals surface area contributed by atoms with Crippen molar-refractivity contribution in [2.24, 2.45) is 5.73 Å². The molecule has 0 aromatic heterocycles. The van der Waals surface area contributed by atoms with Gasteiger partial charge in [-0.2, -0.15) is 12.6 Å². The number of aliphatic hydroxyl groups is 6. The van der Waals surface area contributed by atoms with Gasteiger partial charge in [-0.25, -0.2) is 0 Å². The maximum Gasteiger partial charge on any atom is 0.187 e. The average molecular weight is 371 g/mol. The van der Waals surface area contributed by atoms with E-state index in [2.05, 4.69) is 12.6 Å². The van der Waals surface area contributed by atoms with Gasteiger partial charge in [0.2, 0.25) is 0 Å². The number of ether oxygens (including phenoxy) is 3. The highest BCUT2D eigenvalue weighted by molar-refractivity contribution is 7.80. The van der Waals surface area contributed by atoms with E-state index in [4.69, 9.17) is 19.9 Å². The molecule has 8 N–H and O–H groups in total. The quantitative estimate of drug-likeness (QED) is 0.220. The monoisotopic (exact) mass is 371 g/mol. The summed E-state index contributed by atoms with van der Waals surface area (Å²) in [5.41, 5.74) is 5.86. The van der Waals surface area contributed by atoms with Crippen LogP contribution >= 0.6 is 12.6 Å². The van der Waals surface area contributed by atoms with E-state index in [1.165, 1.54) is 0 Å². The zero-order valence-electron chi connectivity index (χ0n) is 12.8. The van der Waals surface area contributed by atoms with Gasteiger partial charge in [0.1, 0.15) is 42.7 Å². The topological polar surface area (TPSA) is 175 Å². The van der Waals surface area contributed by atoms with Crippen molar-refractivity contribution < 1.29 is 44.8 Å². The summed E-state index contributed by atoms with van der Waals surface area (Å²) < 4.78 is 16.2. The third-order valence-electron chi connectivity index (χ3n) is 4.38. The predicted molar refractivity (Wildman–Crippen MR) is 82.2 cm³/mol. The Morgan fingerprint density at radius 3 is 2.00 bits per heavy atom. The van der Waals surface area contributed by atoms with Gasteiger partial charge in [0.25, 0.3) is 0 Å². The first-order chi connectivity index (χ1) is 11.3. The van der Waals surface area contributed by atoms with Gasteiger partial charge < -0.3 is 50.6 Å². The van der Waals surface area contributed by atoms with Gasteiger partial charge in [-0.15, -0.1) is 0 Å². The largest absolute Gasteiger partial charge is 0.394 e. The van der Waals surface area contributed by atoms with Crippen molar-refractivity contribution in [3.63, 3.8) is 0 Å². The van der Waals surface area contributed by atoms with Crippen LogP contribution in [-0.2, 0) is 14.2 Å². The van der Waals surface area contributed by atoms with Gasteiger partial charge in [-0.05, 0) is 0 Å². The molecule has 0 amide bonds. The van der Waals surface area contributed by atoms with Crippen LogP contribution in [0, 0.1) is 0 Å². The molecule has 2 aliphatic heterocycles. The van der Waals surface area contributed by atoms with Crippen molar-refractivity contribution >= 4 is 12.6 Å². The molecule has 10 atom stereocenters. The minimum absolute atomic E-state index is 0.224. The second-order valence-corrected chi connectivity index (χ2v) is 6.31. The van der Waals surface area contributed by atoms with Crippen LogP contribution in [0.2, 0.25) is 0 Å². The fourth-order valence-electron chi connectivity index (χ4n) is 2.87. The van der Waals surface area contributed by atoms with E-state index in [-0.39, 0.29) is 5.75 Å². The summed E-state index contributed by atoms with van der Waals surface area (Å²) in [6.07, 6.45) is -11.3. The molecule has 10 unspecified atom stereocenters. The SMILES string of the molecule is NC1C(CS)OC(CO)C(OC2OC(CO)C(O)C(O)C2O)C1O. The van der Waals surface area contributed by atoms with Crippen molar-refractivity contribution in [3.05, 3.63) is 0 Å². The fraction of sp³-hybridized carbons (Fsp3) is 1.00. The molecule has 0 radical (unpaired) electrons. The Balaban J connectivity index is 2.12. The summed E-state index contributed by atoms with van der Waals surface area (Å²) in [7, 11) is 0. The maximum atomic E-state index is 10.3. The van der Waals surface area contributed by atoms with Crippen molar-refractivity contribution in [2.45, 2.75) is 61.2 Å². The Morgan fingerprint density at radius 1 is 0.833 bits per heavy atom. The lowest BCUT2D eigenvalue weighted by Crippen LogP contribution is -2.66. The zero-order chi connectivity index (χ0) is 18.0. The first kappa shape index (κ1) is 20.3. The molecule has 2 saturated heterocycles. The summed E-state index contributed by atoms with van der Waals surface area (Å²) >= 11 is 4.07. The van der Waals surface area contributed by atoms with Gasteiger partial charge >= 0.3 is 0 Å². The molecular formula is C13H25NO9S. The Bertz CT molecular complexity index is 402. The van der Waals surface area contributed by atoms with E-state index in [1.807, 2.05) is 0 Å². The number of hydrogen-bond acceptors (Lipinski definition) is 11. The molecule has 24 heavy (non-hydrogen) atoms. The Morgan fingerprint density at radius 2 is 1.46 bits per heavy atom. The van der Waals surface area contributed by atoms with Crippen LogP contribution < -0.4 is 5.73 Å². The van der Waals surface area contributed by atoms with Gasteiger partial charge in [0.05, 0.1) is 25.4 Å². The normalized spacial score (nSPS) is 50.0. The molecule has 2 aliphatic rings. The Hall–Kier alpha value is -0.0500. The third kappa shape index (κ3) is 3.86. The summed E-state index contributed by atoms with van der Waals surface area (Å²) in [5, 5.41) is 58.5. The number of hydrogen-bond donors (Lipinski definition) is 8. The van der Waals surface area contributed by atoms with Crippen molar-refractivity contribution in [1.82, 2.24) is 0 Å². The minimum Gasteiger partial charge on any atom is -0.394 e. The molecule has 0 bridgehead atoms. The number of aliphatic hydroxyl groups excluding tert-OH is 6. The summed E-state index contributed by atoms with van der Waals surface area (Å²) in [4.78, 5) is 0. The predicted octanol–water partition coefficient (Wildman–Crippen LogP) is -4.45. The molecule has 0 aromatic carbocycles. The molecule has 2 rings (SSSR count). The maximum absolute atomic E-state index is 10.3. The number of thiol groups is 1. The first-order valence-electron chi connectivity index (χ1n) is 7.62. The highest BCUT2D eigenvalue weighted by Crippen LogP contribution is 2.28. The smallest absolute Gasteiger partial charge is 0.187 e. The lowest BCUT2D eigenvalue weighted by atomic mass is 9.93. The van der Waals surface area contributed by atoms with E-state index in [1.54, 1.807) is 0 Å². The van der Waals surface area contributed by atoms with Crippen LogP contribution in [0.3, 0.4) is 0 Å². The number of nitrogens with two attached hydrogens (primary N) is 1. The summed E-state index contributed by atoms with van der Waals surface area (Å²) in [6.45, 7) is -1.10. The lowest BCUT2D eigenvalue weighted by molar-refractivity contribution is -0.334. The molecule has 2 heterocycles. The molecule has 2 fully saturated rings. The molecule has 0 saturated carbocycles. The molecule has 0 aliphatic carbocycles. The van der Waals surface area contributed by atoms with E-state index < -0.39 is 74.4 Å². The highest BCUT2D eigenvalue weighted by atomic mass is 32.1. The van der Waals surface area contributed by atoms with Crippen LogP contribution in [0.25, 0.3) is 0 Å². The third-order valence-corrected chi connectivity index (χ3v) is 4.74. The van der Waals surface area contributed by atoms with Gasteiger partial charge in [-0.1, -0.05) is 0 Å². The van der Waals surface area contributed by atoms with Crippen molar-refractivity contribution in [1.29, 1.82) is 0 Å². The zero-order valence-corrected chi connectivity index (χ0v) is 13.7. The van der Waals surface area contributed by atoms with Gasteiger partial charge in [-0.3, -0.25) is 0 Å².